The summed E-state index contributed by atoms with van der Waals surface area (Å²) >= 11 is 1.83. The number of hydrogen-bond donors (Lipinski definition) is 1. The van der Waals surface area contributed by atoms with Gasteiger partial charge in [0.05, 0.1) is 6.20 Å². The van der Waals surface area contributed by atoms with E-state index in [1.165, 1.54) is 20.5 Å². The second-order valence-corrected chi connectivity index (χ2v) is 6.09. The van der Waals surface area contributed by atoms with Crippen molar-refractivity contribution in [3.63, 3.8) is 0 Å². The van der Waals surface area contributed by atoms with Gasteiger partial charge in [0, 0.05) is 27.4 Å². The number of rotatable bonds is 5. The third-order valence-electron chi connectivity index (χ3n) is 3.39. The van der Waals surface area contributed by atoms with Crippen molar-refractivity contribution in [3.8, 4) is 5.75 Å². The van der Waals surface area contributed by atoms with Crippen LogP contribution in [0.5, 0.6) is 5.75 Å². The Morgan fingerprint density at radius 2 is 2.05 bits per heavy atom. The van der Waals surface area contributed by atoms with Crippen molar-refractivity contribution in [1.82, 2.24) is 10.3 Å². The Bertz CT molecular complexity index is 734. The van der Waals surface area contributed by atoms with Gasteiger partial charge in [-0.3, -0.25) is 4.98 Å². The largest absolute Gasteiger partial charge is 0.487 e. The molecule has 4 heteroatoms. The molecule has 0 aliphatic heterocycles. The fraction of sp³-hybridized carbons (Fsp3) is 0.235. The maximum atomic E-state index is 5.92. The number of aromatic nitrogens is 1. The van der Waals surface area contributed by atoms with E-state index in [1.807, 2.05) is 37.4 Å². The van der Waals surface area contributed by atoms with Crippen LogP contribution in [0, 0.1) is 6.92 Å². The topological polar surface area (TPSA) is 34.1 Å². The fourth-order valence-corrected chi connectivity index (χ4v) is 3.53. The van der Waals surface area contributed by atoms with Crippen LogP contribution >= 0.6 is 11.3 Å². The van der Waals surface area contributed by atoms with E-state index in [4.69, 9.17) is 4.74 Å². The molecule has 2 aromatic heterocycles. The molecule has 1 aromatic carbocycles. The van der Waals surface area contributed by atoms with E-state index in [2.05, 4.69) is 34.6 Å². The van der Waals surface area contributed by atoms with E-state index in [9.17, 15) is 0 Å². The summed E-state index contributed by atoms with van der Waals surface area (Å²) in [4.78, 5) is 5.60. The van der Waals surface area contributed by atoms with Crippen LogP contribution in [0.4, 0.5) is 0 Å². The van der Waals surface area contributed by atoms with Gasteiger partial charge < -0.3 is 10.1 Å². The van der Waals surface area contributed by atoms with Crippen LogP contribution in [-0.4, -0.2) is 12.0 Å². The molecular formula is C17H18N2OS. The lowest BCUT2D eigenvalue weighted by molar-refractivity contribution is 0.305. The number of hydrogen-bond acceptors (Lipinski definition) is 4. The van der Waals surface area contributed by atoms with E-state index in [1.54, 1.807) is 6.20 Å². The molecule has 0 bridgehead atoms. The molecule has 3 nitrogen and oxygen atoms in total. The smallest absolute Gasteiger partial charge is 0.138 e. The lowest BCUT2D eigenvalue weighted by Crippen LogP contribution is -2.07. The van der Waals surface area contributed by atoms with Gasteiger partial charge in [0.2, 0.25) is 0 Å². The van der Waals surface area contributed by atoms with E-state index in [0.29, 0.717) is 6.61 Å². The maximum Gasteiger partial charge on any atom is 0.138 e. The summed E-state index contributed by atoms with van der Waals surface area (Å²) in [5.41, 5.74) is 2.27. The summed E-state index contributed by atoms with van der Waals surface area (Å²) < 4.78 is 7.23. The van der Waals surface area contributed by atoms with Crippen LogP contribution in [0.1, 0.15) is 16.1 Å². The Labute approximate surface area is 128 Å². The third-order valence-corrected chi connectivity index (χ3v) is 4.60. The predicted molar refractivity (Wildman–Crippen MR) is 87.9 cm³/mol. The summed E-state index contributed by atoms with van der Waals surface area (Å²) in [6.45, 7) is 3.41. The lowest BCUT2D eigenvalue weighted by Gasteiger charge is -2.08. The van der Waals surface area contributed by atoms with Gasteiger partial charge >= 0.3 is 0 Å². The zero-order valence-corrected chi connectivity index (χ0v) is 13.0. The predicted octanol–water partition coefficient (Wildman–Crippen LogP) is 3.90. The number of nitrogens with zero attached hydrogens (tertiary/aromatic N) is 1. The van der Waals surface area contributed by atoms with Crippen LogP contribution in [0.25, 0.3) is 10.1 Å². The molecule has 3 aromatic rings. The molecule has 0 amide bonds. The molecule has 0 aliphatic rings. The Kier molecular flexibility index (Phi) is 4.18. The summed E-state index contributed by atoms with van der Waals surface area (Å²) in [5, 5.41) is 4.52. The third kappa shape index (κ3) is 3.06. The zero-order chi connectivity index (χ0) is 14.7. The van der Waals surface area contributed by atoms with Crippen molar-refractivity contribution in [3.05, 3.63) is 58.7 Å². The minimum absolute atomic E-state index is 0.575. The Hall–Kier alpha value is -1.91. The van der Waals surface area contributed by atoms with Crippen LogP contribution in [0.15, 0.2) is 42.6 Å². The van der Waals surface area contributed by atoms with Crippen molar-refractivity contribution in [2.24, 2.45) is 0 Å². The molecule has 0 radical (unpaired) electrons. The number of pyridine rings is 1. The van der Waals surface area contributed by atoms with E-state index < -0.39 is 0 Å². The molecule has 0 aliphatic carbocycles. The monoisotopic (exact) mass is 298 g/mol. The molecular weight excluding hydrogens is 280 g/mol. The molecule has 108 valence electrons. The lowest BCUT2D eigenvalue weighted by atomic mass is 10.1. The standard InChI is InChI=1S/C17H18N2OS/c1-12-7-8-13(9-19-12)20-11-15-14-5-3-4-6-16(14)21-17(15)10-18-2/h3-9,18H,10-11H2,1-2H3. The normalized spacial score (nSPS) is 11.0. The second kappa shape index (κ2) is 6.24. The van der Waals surface area contributed by atoms with Crippen LogP contribution in [-0.2, 0) is 13.2 Å². The zero-order valence-electron chi connectivity index (χ0n) is 12.2. The van der Waals surface area contributed by atoms with Gasteiger partial charge in [-0.2, -0.15) is 0 Å². The first-order valence-corrected chi connectivity index (χ1v) is 7.79. The first-order valence-electron chi connectivity index (χ1n) is 6.97. The van der Waals surface area contributed by atoms with Crippen LogP contribution in [0.2, 0.25) is 0 Å². The van der Waals surface area contributed by atoms with Gasteiger partial charge in [-0.1, -0.05) is 18.2 Å². The summed E-state index contributed by atoms with van der Waals surface area (Å²) in [5.74, 6) is 0.811. The highest BCUT2D eigenvalue weighted by Crippen LogP contribution is 2.32. The Balaban J connectivity index is 1.87. The van der Waals surface area contributed by atoms with Gasteiger partial charge in [0.15, 0.2) is 0 Å². The number of aryl methyl sites for hydroxylation is 1. The van der Waals surface area contributed by atoms with Crippen molar-refractivity contribution >= 4 is 21.4 Å². The minimum Gasteiger partial charge on any atom is -0.487 e. The molecule has 21 heavy (non-hydrogen) atoms. The highest BCUT2D eigenvalue weighted by molar-refractivity contribution is 7.19. The van der Waals surface area contributed by atoms with Crippen molar-refractivity contribution in [2.75, 3.05) is 7.05 Å². The summed E-state index contributed by atoms with van der Waals surface area (Å²) in [6.07, 6.45) is 1.78. The van der Waals surface area contributed by atoms with E-state index in [-0.39, 0.29) is 0 Å². The molecule has 0 fully saturated rings. The number of nitrogens with one attached hydrogen (secondary N) is 1. The molecule has 2 heterocycles. The second-order valence-electron chi connectivity index (χ2n) is 4.95. The summed E-state index contributed by atoms with van der Waals surface area (Å²) in [7, 11) is 1.97. The highest BCUT2D eigenvalue weighted by atomic mass is 32.1. The van der Waals surface area contributed by atoms with Gasteiger partial charge in [-0.25, -0.2) is 0 Å². The Morgan fingerprint density at radius 1 is 1.19 bits per heavy atom. The van der Waals surface area contributed by atoms with Crippen molar-refractivity contribution in [2.45, 2.75) is 20.1 Å². The van der Waals surface area contributed by atoms with E-state index in [0.717, 1.165) is 18.0 Å². The number of benzene rings is 1. The summed E-state index contributed by atoms with van der Waals surface area (Å²) in [6, 6.07) is 12.4. The van der Waals surface area contributed by atoms with Gasteiger partial charge in [0.25, 0.3) is 0 Å². The SMILES string of the molecule is CNCc1sc2ccccc2c1COc1ccc(C)nc1. The quantitative estimate of drug-likeness (QED) is 0.775. The molecule has 1 N–H and O–H groups in total. The average molecular weight is 298 g/mol. The number of fused-ring (bicyclic) bond motifs is 1. The van der Waals surface area contributed by atoms with Crippen LogP contribution < -0.4 is 10.1 Å². The fourth-order valence-electron chi connectivity index (χ4n) is 2.31. The molecule has 0 atom stereocenters. The van der Waals surface area contributed by atoms with E-state index >= 15 is 0 Å². The first kappa shape index (κ1) is 14.0. The van der Waals surface area contributed by atoms with Crippen molar-refractivity contribution in [1.29, 1.82) is 0 Å². The highest BCUT2D eigenvalue weighted by Gasteiger charge is 2.12. The molecule has 0 saturated heterocycles. The van der Waals surface area contributed by atoms with Gasteiger partial charge in [0.1, 0.15) is 12.4 Å². The number of thiophene rings is 1. The minimum atomic E-state index is 0.575. The first-order chi connectivity index (χ1) is 10.3. The molecule has 0 unspecified atom stereocenters. The molecule has 0 spiro atoms. The van der Waals surface area contributed by atoms with Gasteiger partial charge in [-0.05, 0) is 37.6 Å². The molecule has 0 saturated carbocycles. The van der Waals surface area contributed by atoms with Gasteiger partial charge in [-0.15, -0.1) is 11.3 Å². The van der Waals surface area contributed by atoms with Crippen LogP contribution in [0.3, 0.4) is 0 Å². The number of ether oxygens (including phenoxy) is 1. The Morgan fingerprint density at radius 3 is 2.81 bits per heavy atom. The average Bonchev–Trinajstić information content (AvgIpc) is 2.85. The van der Waals surface area contributed by atoms with Crippen molar-refractivity contribution < 1.29 is 4.74 Å². The molecule has 3 rings (SSSR count). The maximum absolute atomic E-state index is 5.92.